The Labute approximate surface area is 121 Å². The zero-order valence-corrected chi connectivity index (χ0v) is 11.7. The van der Waals surface area contributed by atoms with Crippen LogP contribution in [0.2, 0.25) is 5.02 Å². The lowest BCUT2D eigenvalue weighted by Crippen LogP contribution is -2.51. The van der Waals surface area contributed by atoms with Crippen LogP contribution in [0, 0.1) is 5.92 Å². The number of rotatable bonds is 3. The van der Waals surface area contributed by atoms with Crippen LogP contribution in [-0.2, 0) is 9.53 Å². The fourth-order valence-corrected chi connectivity index (χ4v) is 2.37. The number of ether oxygens (including phenoxy) is 1. The van der Waals surface area contributed by atoms with Gasteiger partial charge in [-0.1, -0.05) is 30.3 Å². The van der Waals surface area contributed by atoms with Crippen molar-refractivity contribution in [3.05, 3.63) is 47.1 Å². The quantitative estimate of drug-likeness (QED) is 0.841. The van der Waals surface area contributed by atoms with Gasteiger partial charge < -0.3 is 15.4 Å². The van der Waals surface area contributed by atoms with Gasteiger partial charge in [-0.05, 0) is 24.6 Å². The summed E-state index contributed by atoms with van der Waals surface area (Å²) in [7, 11) is 0. The molecule has 106 valence electrons. The third-order valence-corrected chi connectivity index (χ3v) is 3.25. The van der Waals surface area contributed by atoms with Crippen LogP contribution in [0.4, 0.5) is 4.79 Å². The van der Waals surface area contributed by atoms with Crippen LogP contribution < -0.4 is 10.6 Å². The molecule has 2 N–H and O–H groups in total. The van der Waals surface area contributed by atoms with Crippen LogP contribution in [0.15, 0.2) is 36.5 Å². The van der Waals surface area contributed by atoms with Crippen molar-refractivity contribution in [2.75, 3.05) is 6.61 Å². The first-order valence-electron chi connectivity index (χ1n) is 6.21. The molecule has 1 aromatic rings. The Morgan fingerprint density at radius 1 is 1.50 bits per heavy atom. The van der Waals surface area contributed by atoms with Gasteiger partial charge in [0.25, 0.3) is 0 Å². The zero-order valence-electron chi connectivity index (χ0n) is 11.0. The summed E-state index contributed by atoms with van der Waals surface area (Å²) in [6.45, 7) is 5.73. The molecule has 1 saturated heterocycles. The van der Waals surface area contributed by atoms with E-state index in [4.69, 9.17) is 16.3 Å². The Morgan fingerprint density at radius 3 is 2.90 bits per heavy atom. The number of esters is 1. The minimum absolute atomic E-state index is 0.263. The van der Waals surface area contributed by atoms with Crippen LogP contribution in [0.25, 0.3) is 0 Å². The fraction of sp³-hybridized carbons (Fsp3) is 0.286. The number of nitrogens with one attached hydrogen (secondary N) is 2. The van der Waals surface area contributed by atoms with E-state index in [0.717, 1.165) is 5.56 Å². The molecule has 0 saturated carbocycles. The molecule has 1 aliphatic rings. The van der Waals surface area contributed by atoms with E-state index >= 15 is 0 Å². The highest BCUT2D eigenvalue weighted by atomic mass is 35.5. The van der Waals surface area contributed by atoms with E-state index in [9.17, 15) is 9.59 Å². The zero-order chi connectivity index (χ0) is 14.7. The molecule has 1 fully saturated rings. The van der Waals surface area contributed by atoms with Crippen molar-refractivity contribution < 1.29 is 14.3 Å². The lowest BCUT2D eigenvalue weighted by Gasteiger charge is -2.33. The van der Waals surface area contributed by atoms with Crippen molar-refractivity contribution in [1.82, 2.24) is 10.6 Å². The van der Waals surface area contributed by atoms with E-state index in [1.165, 1.54) is 0 Å². The Morgan fingerprint density at radius 2 is 2.25 bits per heavy atom. The van der Waals surface area contributed by atoms with Gasteiger partial charge in [0.05, 0.1) is 12.6 Å². The summed E-state index contributed by atoms with van der Waals surface area (Å²) in [5.74, 6) is -1.12. The number of carbonyl (C=O) groups excluding carboxylic acids is 2. The van der Waals surface area contributed by atoms with Crippen molar-refractivity contribution in [3.8, 4) is 0 Å². The first kappa shape index (κ1) is 14.4. The summed E-state index contributed by atoms with van der Waals surface area (Å²) in [4.78, 5) is 23.7. The Hall–Kier alpha value is -2.01. The lowest BCUT2D eigenvalue weighted by atomic mass is 9.89. The molecule has 0 bridgehead atoms. The fourth-order valence-electron chi connectivity index (χ4n) is 2.17. The first-order chi connectivity index (χ1) is 9.52. The third kappa shape index (κ3) is 2.93. The molecule has 2 amide bonds. The number of urea groups is 1. The highest BCUT2D eigenvalue weighted by Gasteiger charge is 2.38. The summed E-state index contributed by atoms with van der Waals surface area (Å²) < 4.78 is 5.04. The Kier molecular flexibility index (Phi) is 4.29. The molecule has 5 nitrogen and oxygen atoms in total. The van der Waals surface area contributed by atoms with E-state index in [2.05, 4.69) is 17.2 Å². The van der Waals surface area contributed by atoms with E-state index in [0.29, 0.717) is 10.7 Å². The van der Waals surface area contributed by atoms with Crippen LogP contribution in [0.5, 0.6) is 0 Å². The smallest absolute Gasteiger partial charge is 0.319 e. The average Bonchev–Trinajstić information content (AvgIpc) is 2.37. The number of amides is 2. The van der Waals surface area contributed by atoms with Crippen LogP contribution >= 0.6 is 11.6 Å². The van der Waals surface area contributed by atoms with Crippen LogP contribution in [0.1, 0.15) is 18.5 Å². The van der Waals surface area contributed by atoms with Gasteiger partial charge in [-0.3, -0.25) is 4.79 Å². The maximum absolute atomic E-state index is 12.1. The summed E-state index contributed by atoms with van der Waals surface area (Å²) in [6.07, 6.45) is 0. The average molecular weight is 295 g/mol. The standard InChI is InChI=1S/C14H15ClN2O3/c1-3-20-13(18)11-8(2)16-14(19)17-12(11)9-5-4-6-10(15)7-9/h4-7,11-12H,2-3H2,1H3,(H2,16,17,19). The number of hydrogen-bond acceptors (Lipinski definition) is 3. The second-order valence-electron chi connectivity index (χ2n) is 4.39. The number of hydrogen-bond donors (Lipinski definition) is 2. The predicted molar refractivity (Wildman–Crippen MR) is 75.1 cm³/mol. The summed E-state index contributed by atoms with van der Waals surface area (Å²) in [5.41, 5.74) is 1.05. The second-order valence-corrected chi connectivity index (χ2v) is 4.82. The lowest BCUT2D eigenvalue weighted by molar-refractivity contribution is -0.147. The van der Waals surface area contributed by atoms with Gasteiger partial charge in [0, 0.05) is 10.7 Å². The van der Waals surface area contributed by atoms with E-state index in [1.54, 1.807) is 31.2 Å². The maximum Gasteiger partial charge on any atom is 0.319 e. The SMILES string of the molecule is C=C1NC(=O)NC(c2cccc(Cl)c2)C1C(=O)OCC. The summed E-state index contributed by atoms with van der Waals surface area (Å²) in [6, 6.07) is 6.03. The maximum atomic E-state index is 12.1. The normalized spacial score (nSPS) is 21.9. The van der Waals surface area contributed by atoms with Crippen molar-refractivity contribution in [1.29, 1.82) is 0 Å². The molecular weight excluding hydrogens is 280 g/mol. The largest absolute Gasteiger partial charge is 0.465 e. The molecule has 1 aromatic carbocycles. The van der Waals surface area contributed by atoms with Gasteiger partial charge in [0.1, 0.15) is 5.92 Å². The van der Waals surface area contributed by atoms with Crippen LogP contribution in [-0.4, -0.2) is 18.6 Å². The number of carbonyl (C=O) groups is 2. The molecule has 20 heavy (non-hydrogen) atoms. The molecular formula is C14H15ClN2O3. The molecule has 1 heterocycles. The minimum atomic E-state index is -0.689. The molecule has 2 atom stereocenters. The van der Waals surface area contributed by atoms with Crippen LogP contribution in [0.3, 0.4) is 0 Å². The highest BCUT2D eigenvalue weighted by molar-refractivity contribution is 6.30. The molecule has 2 unspecified atom stereocenters. The highest BCUT2D eigenvalue weighted by Crippen LogP contribution is 2.31. The topological polar surface area (TPSA) is 67.4 Å². The van der Waals surface area contributed by atoms with Crippen molar-refractivity contribution >= 4 is 23.6 Å². The molecule has 2 rings (SSSR count). The molecule has 0 aromatic heterocycles. The van der Waals surface area contributed by atoms with Gasteiger partial charge in [-0.15, -0.1) is 0 Å². The summed E-state index contributed by atoms with van der Waals surface area (Å²) in [5, 5.41) is 5.75. The van der Waals surface area contributed by atoms with E-state index in [1.807, 2.05) is 0 Å². The monoisotopic (exact) mass is 294 g/mol. The van der Waals surface area contributed by atoms with Crippen molar-refractivity contribution in [3.63, 3.8) is 0 Å². The van der Waals surface area contributed by atoms with Gasteiger partial charge in [0.2, 0.25) is 0 Å². The van der Waals surface area contributed by atoms with Gasteiger partial charge in [0.15, 0.2) is 0 Å². The number of benzene rings is 1. The first-order valence-corrected chi connectivity index (χ1v) is 6.59. The molecule has 0 spiro atoms. The van der Waals surface area contributed by atoms with Crippen molar-refractivity contribution in [2.24, 2.45) is 5.92 Å². The van der Waals surface area contributed by atoms with Gasteiger partial charge in [-0.25, -0.2) is 4.79 Å². The minimum Gasteiger partial charge on any atom is -0.465 e. The Balaban J connectivity index is 2.36. The van der Waals surface area contributed by atoms with E-state index < -0.39 is 24.0 Å². The second kappa shape index (κ2) is 5.96. The number of halogens is 1. The van der Waals surface area contributed by atoms with Gasteiger partial charge >= 0.3 is 12.0 Å². The molecule has 6 heteroatoms. The Bertz CT molecular complexity index is 559. The molecule has 0 radical (unpaired) electrons. The third-order valence-electron chi connectivity index (χ3n) is 3.02. The summed E-state index contributed by atoms with van der Waals surface area (Å²) >= 11 is 5.96. The van der Waals surface area contributed by atoms with E-state index in [-0.39, 0.29) is 6.61 Å². The van der Waals surface area contributed by atoms with Crippen molar-refractivity contribution in [2.45, 2.75) is 13.0 Å². The predicted octanol–water partition coefficient (Wildman–Crippen LogP) is 2.39. The molecule has 1 aliphatic heterocycles. The molecule has 0 aliphatic carbocycles. The van der Waals surface area contributed by atoms with Gasteiger partial charge in [-0.2, -0.15) is 0 Å².